The van der Waals surface area contributed by atoms with Crippen molar-refractivity contribution in [1.82, 2.24) is 0 Å². The molecule has 4 aromatic rings. The van der Waals surface area contributed by atoms with E-state index in [0.29, 0.717) is 19.1 Å². The van der Waals surface area contributed by atoms with Crippen LogP contribution in [0.3, 0.4) is 0 Å². The van der Waals surface area contributed by atoms with Crippen LogP contribution >= 0.6 is 0 Å². The third-order valence-electron chi connectivity index (χ3n) is 9.75. The molecule has 232 valence electrons. The molecule has 0 spiro atoms. The Bertz CT molecular complexity index is 1360. The van der Waals surface area contributed by atoms with Gasteiger partial charge >= 0.3 is 0 Å². The molecule has 2 nitrogen and oxygen atoms in total. The summed E-state index contributed by atoms with van der Waals surface area (Å²) in [5.41, 5.74) is 5.37. The van der Waals surface area contributed by atoms with E-state index >= 15 is 0 Å². The van der Waals surface area contributed by atoms with Crippen LogP contribution in [0.15, 0.2) is 109 Å². The first-order valence-corrected chi connectivity index (χ1v) is 17.2. The van der Waals surface area contributed by atoms with E-state index in [1.54, 1.807) is 0 Å². The smallest absolute Gasteiger partial charge is 0.120 e. The Hall–Kier alpha value is -3.52. The second-order valence-corrected chi connectivity index (χ2v) is 13.0. The largest absolute Gasteiger partial charge is 0.489 e. The zero-order valence-electron chi connectivity index (χ0n) is 27.0. The van der Waals surface area contributed by atoms with E-state index in [4.69, 9.17) is 9.47 Å². The average Bonchev–Trinajstić information content (AvgIpc) is 3.09. The lowest BCUT2D eigenvalue weighted by atomic mass is 9.73. The van der Waals surface area contributed by atoms with Crippen LogP contribution in [0.25, 0.3) is 0 Å². The molecule has 2 aliphatic rings. The topological polar surface area (TPSA) is 18.5 Å². The summed E-state index contributed by atoms with van der Waals surface area (Å²) in [7, 11) is 0. The van der Waals surface area contributed by atoms with Crippen LogP contribution in [-0.4, -0.2) is 0 Å². The summed E-state index contributed by atoms with van der Waals surface area (Å²) in [4.78, 5) is 0. The minimum absolute atomic E-state index is 0.643. The molecule has 0 aliphatic heterocycles. The maximum Gasteiger partial charge on any atom is 0.120 e. The van der Waals surface area contributed by atoms with Crippen LogP contribution in [-0.2, 0) is 13.2 Å². The van der Waals surface area contributed by atoms with Crippen molar-refractivity contribution in [2.24, 2.45) is 11.8 Å². The quantitative estimate of drug-likeness (QED) is 0.183. The summed E-state index contributed by atoms with van der Waals surface area (Å²) in [6.45, 7) is 5.99. The number of ether oxygens (including phenoxy) is 2. The average molecular weight is 589 g/mol. The molecule has 6 rings (SSSR count). The van der Waals surface area contributed by atoms with Gasteiger partial charge in [-0.05, 0) is 89.5 Å². The van der Waals surface area contributed by atoms with Gasteiger partial charge in [-0.1, -0.05) is 144 Å². The number of hydrogen-bond donors (Lipinski definition) is 0. The third kappa shape index (κ3) is 9.49. The standard InChI is InChI=1S/C22H28O.C20H24O/c1-2-9-19-12-6-7-15-22(19)20-13-8-14-21(16-20)23-17-18-10-4-3-5-11-18;1-16-8-5-6-13-20(16)18-11-7-12-19(14-18)21-15-17-9-3-2-4-10-17/h3-5,8,10-11,13-14,16,19,22H,2,6-7,9,12,15,17H2,1H3;2-4,7,9-12,14,16,20H,5-6,8,13,15H2,1H3/t19-,22-;16-,20-/m00/s1. The lowest BCUT2D eigenvalue weighted by Gasteiger charge is -2.32. The minimum Gasteiger partial charge on any atom is -0.489 e. The minimum atomic E-state index is 0.643. The second kappa shape index (κ2) is 17.1. The summed E-state index contributed by atoms with van der Waals surface area (Å²) in [6.07, 6.45) is 13.6. The van der Waals surface area contributed by atoms with E-state index in [1.807, 2.05) is 12.1 Å². The molecule has 2 aliphatic carbocycles. The molecule has 0 N–H and O–H groups in total. The van der Waals surface area contributed by atoms with Crippen LogP contribution < -0.4 is 9.47 Å². The van der Waals surface area contributed by atoms with E-state index in [2.05, 4.69) is 111 Å². The fourth-order valence-corrected chi connectivity index (χ4v) is 7.33. The van der Waals surface area contributed by atoms with Gasteiger partial charge in [0.05, 0.1) is 0 Å². The highest BCUT2D eigenvalue weighted by Gasteiger charge is 2.26. The van der Waals surface area contributed by atoms with Crippen molar-refractivity contribution in [3.8, 4) is 11.5 Å². The van der Waals surface area contributed by atoms with Crippen LogP contribution in [0.4, 0.5) is 0 Å². The highest BCUT2D eigenvalue weighted by molar-refractivity contribution is 5.33. The van der Waals surface area contributed by atoms with Crippen molar-refractivity contribution in [2.75, 3.05) is 0 Å². The lowest BCUT2D eigenvalue weighted by molar-refractivity contribution is 0.284. The Kier molecular flexibility index (Phi) is 12.4. The molecule has 4 aromatic carbocycles. The van der Waals surface area contributed by atoms with Crippen molar-refractivity contribution in [3.05, 3.63) is 131 Å². The first kappa shape index (κ1) is 31.9. The molecule has 0 bridgehead atoms. The molecular formula is C42H52O2. The van der Waals surface area contributed by atoms with Crippen molar-refractivity contribution in [2.45, 2.75) is 103 Å². The molecule has 0 radical (unpaired) electrons. The van der Waals surface area contributed by atoms with Crippen molar-refractivity contribution in [1.29, 1.82) is 0 Å². The van der Waals surface area contributed by atoms with Gasteiger partial charge in [-0.2, -0.15) is 0 Å². The van der Waals surface area contributed by atoms with Gasteiger partial charge in [0, 0.05) is 0 Å². The molecular weight excluding hydrogens is 536 g/mol. The van der Waals surface area contributed by atoms with Gasteiger partial charge < -0.3 is 9.47 Å². The number of benzene rings is 4. The maximum atomic E-state index is 6.02. The molecule has 4 atom stereocenters. The Balaban J connectivity index is 0.000000175. The van der Waals surface area contributed by atoms with Crippen molar-refractivity contribution >= 4 is 0 Å². The van der Waals surface area contributed by atoms with Gasteiger partial charge in [0.25, 0.3) is 0 Å². The molecule has 0 unspecified atom stereocenters. The molecule has 2 saturated carbocycles. The van der Waals surface area contributed by atoms with Gasteiger partial charge in [-0.25, -0.2) is 0 Å². The normalized spacial score (nSPS) is 21.5. The predicted molar refractivity (Wildman–Crippen MR) is 184 cm³/mol. The summed E-state index contributed by atoms with van der Waals surface area (Å²) >= 11 is 0. The fourth-order valence-electron chi connectivity index (χ4n) is 7.33. The first-order valence-electron chi connectivity index (χ1n) is 17.2. The molecule has 0 saturated heterocycles. The Morgan fingerprint density at radius 2 is 1.05 bits per heavy atom. The van der Waals surface area contributed by atoms with E-state index in [9.17, 15) is 0 Å². The van der Waals surface area contributed by atoms with Crippen LogP contribution in [0.5, 0.6) is 11.5 Å². The summed E-state index contributed by atoms with van der Waals surface area (Å²) < 4.78 is 12.0. The van der Waals surface area contributed by atoms with Gasteiger partial charge in [0.1, 0.15) is 24.7 Å². The molecule has 2 heteroatoms. The monoisotopic (exact) mass is 588 g/mol. The predicted octanol–water partition coefficient (Wildman–Crippen LogP) is 11.9. The maximum absolute atomic E-state index is 6.02. The Morgan fingerprint density at radius 3 is 1.59 bits per heavy atom. The Labute approximate surface area is 266 Å². The summed E-state index contributed by atoms with van der Waals surface area (Å²) in [5, 5.41) is 0. The van der Waals surface area contributed by atoms with E-state index in [1.165, 1.54) is 86.5 Å². The van der Waals surface area contributed by atoms with E-state index < -0.39 is 0 Å². The van der Waals surface area contributed by atoms with Crippen molar-refractivity contribution < 1.29 is 9.47 Å². The van der Waals surface area contributed by atoms with Gasteiger partial charge in [-0.3, -0.25) is 0 Å². The van der Waals surface area contributed by atoms with Crippen LogP contribution in [0.2, 0.25) is 0 Å². The molecule has 0 heterocycles. The third-order valence-corrected chi connectivity index (χ3v) is 9.75. The SMILES string of the molecule is CCC[C@H]1CCCC[C@@H]1c1cccc(OCc2ccccc2)c1.C[C@H]1CCCC[C@@H]1c1cccc(OCc2ccccc2)c1. The van der Waals surface area contributed by atoms with Gasteiger partial charge in [0.15, 0.2) is 0 Å². The zero-order chi connectivity index (χ0) is 30.4. The summed E-state index contributed by atoms with van der Waals surface area (Å²) in [5.74, 6) is 5.09. The van der Waals surface area contributed by atoms with Crippen molar-refractivity contribution in [3.63, 3.8) is 0 Å². The number of rotatable bonds is 10. The fraction of sp³-hybridized carbons (Fsp3) is 0.429. The summed E-state index contributed by atoms with van der Waals surface area (Å²) in [6, 6.07) is 38.3. The van der Waals surface area contributed by atoms with Crippen LogP contribution in [0, 0.1) is 11.8 Å². The molecule has 2 fully saturated rings. The van der Waals surface area contributed by atoms with Gasteiger partial charge in [0.2, 0.25) is 0 Å². The highest BCUT2D eigenvalue weighted by Crippen LogP contribution is 2.41. The van der Waals surface area contributed by atoms with Crippen LogP contribution in [0.1, 0.15) is 112 Å². The Morgan fingerprint density at radius 1 is 0.545 bits per heavy atom. The molecule has 0 amide bonds. The molecule has 44 heavy (non-hydrogen) atoms. The zero-order valence-corrected chi connectivity index (χ0v) is 27.0. The lowest BCUT2D eigenvalue weighted by Crippen LogP contribution is -2.17. The van der Waals surface area contributed by atoms with E-state index in [0.717, 1.165) is 29.3 Å². The van der Waals surface area contributed by atoms with E-state index in [-0.39, 0.29) is 0 Å². The van der Waals surface area contributed by atoms with Gasteiger partial charge in [-0.15, -0.1) is 0 Å². The molecule has 0 aromatic heterocycles. The highest BCUT2D eigenvalue weighted by atomic mass is 16.5. The first-order chi connectivity index (χ1) is 21.7. The second-order valence-electron chi connectivity index (χ2n) is 13.0. The number of hydrogen-bond acceptors (Lipinski definition) is 2.